The van der Waals surface area contributed by atoms with E-state index in [1.807, 2.05) is 6.08 Å². The third-order valence-electron chi connectivity index (χ3n) is 2.25. The van der Waals surface area contributed by atoms with Gasteiger partial charge < -0.3 is 9.47 Å². The normalized spacial score (nSPS) is 17.1. The number of ether oxygens (including phenoxy) is 2. The zero-order chi connectivity index (χ0) is 12.3. The number of carbonyl (C=O) groups is 2. The highest BCUT2D eigenvalue weighted by Gasteiger charge is 2.20. The Hall–Kier alpha value is -1.69. The maximum Gasteiger partial charge on any atom is 0.418 e. The van der Waals surface area contributed by atoms with Crippen molar-refractivity contribution in [1.82, 2.24) is 4.90 Å². The Labute approximate surface area is 103 Å². The average molecular weight is 253 g/mol. The highest BCUT2D eigenvalue weighted by atomic mass is 32.2. The topological polar surface area (TPSA) is 55.8 Å². The molecule has 2 aliphatic rings. The lowest BCUT2D eigenvalue weighted by Crippen LogP contribution is -2.25. The van der Waals surface area contributed by atoms with Crippen LogP contribution < -0.4 is 0 Å². The maximum atomic E-state index is 11.6. The molecule has 0 aromatic rings. The number of methoxy groups -OCH3 is 1. The van der Waals surface area contributed by atoms with Gasteiger partial charge in [0, 0.05) is 23.1 Å². The predicted molar refractivity (Wildman–Crippen MR) is 63.0 cm³/mol. The Kier molecular flexibility index (Phi) is 3.53. The lowest BCUT2D eigenvalue weighted by molar-refractivity contribution is -0.144. The number of nitrogens with zero attached hydrogens (tertiary/aromatic N) is 1. The molecule has 0 bridgehead atoms. The van der Waals surface area contributed by atoms with Crippen LogP contribution in [0.25, 0.3) is 0 Å². The van der Waals surface area contributed by atoms with E-state index in [0.29, 0.717) is 0 Å². The summed E-state index contributed by atoms with van der Waals surface area (Å²) in [5.74, 6) is 0.333. The minimum Gasteiger partial charge on any atom is -0.466 e. The molecule has 0 saturated heterocycles. The van der Waals surface area contributed by atoms with Crippen molar-refractivity contribution >= 4 is 23.8 Å². The Bertz CT molecular complexity index is 439. The van der Waals surface area contributed by atoms with Crippen molar-refractivity contribution in [2.75, 3.05) is 19.5 Å². The Morgan fingerprint density at radius 2 is 2.35 bits per heavy atom. The van der Waals surface area contributed by atoms with E-state index in [1.54, 1.807) is 24.2 Å². The molecule has 0 radical (unpaired) electrons. The molecule has 0 spiro atoms. The number of hydrogen-bond donors (Lipinski definition) is 0. The van der Waals surface area contributed by atoms with Crippen LogP contribution in [0.3, 0.4) is 0 Å². The first-order valence-corrected chi connectivity index (χ1v) is 5.94. The van der Waals surface area contributed by atoms with E-state index >= 15 is 0 Å². The van der Waals surface area contributed by atoms with Gasteiger partial charge in [-0.05, 0) is 11.6 Å². The van der Waals surface area contributed by atoms with Gasteiger partial charge in [-0.2, -0.15) is 0 Å². The number of allylic oxidation sites excluding steroid dienone is 2. The van der Waals surface area contributed by atoms with Gasteiger partial charge in [0.05, 0.1) is 7.11 Å². The molecule has 2 rings (SSSR count). The lowest BCUT2D eigenvalue weighted by Gasteiger charge is -2.18. The first-order valence-electron chi connectivity index (χ1n) is 4.96. The zero-order valence-corrected chi connectivity index (χ0v) is 10.0. The van der Waals surface area contributed by atoms with Crippen molar-refractivity contribution in [3.05, 3.63) is 35.0 Å². The minimum atomic E-state index is -0.592. The second kappa shape index (κ2) is 5.09. The van der Waals surface area contributed by atoms with Crippen molar-refractivity contribution in [2.24, 2.45) is 0 Å². The third kappa shape index (κ3) is 2.71. The SMILES string of the molecule is COC(=O)COC(=O)N1C=CC2=CCSC2=C1. The molecule has 0 aromatic heterocycles. The van der Waals surface area contributed by atoms with Crippen molar-refractivity contribution in [2.45, 2.75) is 0 Å². The Balaban J connectivity index is 1.93. The average Bonchev–Trinajstić information content (AvgIpc) is 2.82. The van der Waals surface area contributed by atoms with Crippen LogP contribution in [0.4, 0.5) is 4.79 Å². The van der Waals surface area contributed by atoms with Gasteiger partial charge in [0.25, 0.3) is 0 Å². The van der Waals surface area contributed by atoms with Crippen LogP contribution in [0.5, 0.6) is 0 Å². The largest absolute Gasteiger partial charge is 0.466 e. The Morgan fingerprint density at radius 3 is 3.12 bits per heavy atom. The van der Waals surface area contributed by atoms with Gasteiger partial charge in [-0.15, -0.1) is 11.8 Å². The van der Waals surface area contributed by atoms with Crippen molar-refractivity contribution in [3.8, 4) is 0 Å². The number of fused-ring (bicyclic) bond motifs is 1. The van der Waals surface area contributed by atoms with E-state index in [9.17, 15) is 9.59 Å². The number of amides is 1. The smallest absolute Gasteiger partial charge is 0.418 e. The summed E-state index contributed by atoms with van der Waals surface area (Å²) in [5.41, 5.74) is 1.12. The van der Waals surface area contributed by atoms with Gasteiger partial charge in [0.1, 0.15) is 0 Å². The number of esters is 1. The molecule has 17 heavy (non-hydrogen) atoms. The first kappa shape index (κ1) is 11.8. The fourth-order valence-corrected chi connectivity index (χ4v) is 2.31. The van der Waals surface area contributed by atoms with E-state index in [1.165, 1.54) is 12.0 Å². The van der Waals surface area contributed by atoms with E-state index in [-0.39, 0.29) is 6.61 Å². The Morgan fingerprint density at radius 1 is 1.53 bits per heavy atom. The van der Waals surface area contributed by atoms with Crippen LogP contribution in [0.1, 0.15) is 0 Å². The number of thioether (sulfide) groups is 1. The summed E-state index contributed by atoms with van der Waals surface area (Å²) < 4.78 is 9.15. The summed E-state index contributed by atoms with van der Waals surface area (Å²) in [6.45, 7) is -0.376. The molecule has 0 saturated carbocycles. The standard InChI is InChI=1S/C11H11NO4S/c1-15-10(13)7-16-11(14)12-4-2-8-3-5-17-9(8)6-12/h2-4,6H,5,7H2,1H3. The molecule has 0 atom stereocenters. The molecule has 1 amide bonds. The zero-order valence-electron chi connectivity index (χ0n) is 9.21. The van der Waals surface area contributed by atoms with Gasteiger partial charge in [-0.25, -0.2) is 9.59 Å². The van der Waals surface area contributed by atoms with Crippen LogP contribution in [0.2, 0.25) is 0 Å². The summed E-state index contributed by atoms with van der Waals surface area (Å²) >= 11 is 1.65. The van der Waals surface area contributed by atoms with E-state index < -0.39 is 12.1 Å². The van der Waals surface area contributed by atoms with Crippen LogP contribution in [-0.4, -0.2) is 36.4 Å². The van der Waals surface area contributed by atoms with Crippen LogP contribution >= 0.6 is 11.8 Å². The van der Waals surface area contributed by atoms with E-state index in [0.717, 1.165) is 16.2 Å². The third-order valence-corrected chi connectivity index (χ3v) is 3.24. The highest BCUT2D eigenvalue weighted by Crippen LogP contribution is 2.34. The quantitative estimate of drug-likeness (QED) is 0.700. The number of hydrogen-bond acceptors (Lipinski definition) is 5. The molecule has 2 aliphatic heterocycles. The molecule has 0 N–H and O–H groups in total. The van der Waals surface area contributed by atoms with Gasteiger partial charge in [-0.3, -0.25) is 4.90 Å². The monoisotopic (exact) mass is 253 g/mol. The summed E-state index contributed by atoms with van der Waals surface area (Å²) in [6.07, 6.45) is 6.65. The fraction of sp³-hybridized carbons (Fsp3) is 0.273. The van der Waals surface area contributed by atoms with E-state index in [4.69, 9.17) is 4.74 Å². The molecular formula is C11H11NO4S. The van der Waals surface area contributed by atoms with Crippen LogP contribution in [0.15, 0.2) is 35.0 Å². The lowest BCUT2D eigenvalue weighted by atomic mass is 10.2. The van der Waals surface area contributed by atoms with Gasteiger partial charge in [0.15, 0.2) is 6.61 Å². The van der Waals surface area contributed by atoms with Crippen molar-refractivity contribution < 1.29 is 19.1 Å². The molecule has 0 fully saturated rings. The molecule has 2 heterocycles. The second-order valence-corrected chi connectivity index (χ2v) is 4.38. The van der Waals surface area contributed by atoms with Gasteiger partial charge in [-0.1, -0.05) is 6.08 Å². The van der Waals surface area contributed by atoms with Crippen molar-refractivity contribution in [1.29, 1.82) is 0 Å². The fourth-order valence-electron chi connectivity index (χ4n) is 1.36. The number of rotatable bonds is 2. The molecule has 0 aliphatic carbocycles. The van der Waals surface area contributed by atoms with E-state index in [2.05, 4.69) is 10.8 Å². The van der Waals surface area contributed by atoms with Crippen LogP contribution in [-0.2, 0) is 14.3 Å². The first-order chi connectivity index (χ1) is 8.20. The maximum absolute atomic E-state index is 11.6. The second-order valence-electron chi connectivity index (χ2n) is 3.32. The summed E-state index contributed by atoms with van der Waals surface area (Å²) in [5, 5.41) is 0. The van der Waals surface area contributed by atoms with Gasteiger partial charge in [0.2, 0.25) is 0 Å². The summed E-state index contributed by atoms with van der Waals surface area (Å²) in [7, 11) is 1.24. The molecule has 90 valence electrons. The van der Waals surface area contributed by atoms with Crippen LogP contribution in [0, 0.1) is 0 Å². The molecule has 5 nitrogen and oxygen atoms in total. The molecule has 6 heteroatoms. The molecular weight excluding hydrogens is 242 g/mol. The van der Waals surface area contributed by atoms with Crippen molar-refractivity contribution in [3.63, 3.8) is 0 Å². The molecule has 0 aromatic carbocycles. The predicted octanol–water partition coefficient (Wildman–Crippen LogP) is 1.64. The summed E-state index contributed by atoms with van der Waals surface area (Å²) in [4.78, 5) is 24.7. The van der Waals surface area contributed by atoms with Gasteiger partial charge >= 0.3 is 12.1 Å². The minimum absolute atomic E-state index is 0.376. The molecule has 0 unspecified atom stereocenters. The highest BCUT2D eigenvalue weighted by molar-refractivity contribution is 8.03. The summed E-state index contributed by atoms with van der Waals surface area (Å²) in [6, 6.07) is 0. The number of carbonyl (C=O) groups excluding carboxylic acids is 2.